The van der Waals surface area contributed by atoms with Crippen molar-refractivity contribution in [3.63, 3.8) is 0 Å². The van der Waals surface area contributed by atoms with E-state index in [0.717, 1.165) is 31.7 Å². The summed E-state index contributed by atoms with van der Waals surface area (Å²) in [7, 11) is 0. The van der Waals surface area contributed by atoms with E-state index in [1.165, 1.54) is 36.1 Å². The SMILES string of the molecule is CCn1cc(C(=O)NCc2ccc(F)cc2F)c(=O)c(O)c1C(=O)N1CCC2CCCCC(CC2)C1. The summed E-state index contributed by atoms with van der Waals surface area (Å²) >= 11 is 0. The van der Waals surface area contributed by atoms with Gasteiger partial charge in [0.15, 0.2) is 11.4 Å². The number of amides is 2. The first-order valence-electron chi connectivity index (χ1n) is 12.8. The molecule has 2 aliphatic rings. The van der Waals surface area contributed by atoms with Crippen molar-refractivity contribution in [2.24, 2.45) is 11.8 Å². The lowest BCUT2D eigenvalue weighted by molar-refractivity contribution is 0.0653. The highest BCUT2D eigenvalue weighted by molar-refractivity contribution is 5.98. The van der Waals surface area contributed by atoms with Crippen LogP contribution in [0.3, 0.4) is 0 Å². The minimum absolute atomic E-state index is 0.0506. The first kappa shape index (κ1) is 25.9. The molecule has 1 aliphatic heterocycles. The van der Waals surface area contributed by atoms with Gasteiger partial charge in [0.1, 0.15) is 17.2 Å². The monoisotopic (exact) mass is 501 g/mol. The van der Waals surface area contributed by atoms with Crippen molar-refractivity contribution in [2.75, 3.05) is 13.1 Å². The van der Waals surface area contributed by atoms with Gasteiger partial charge >= 0.3 is 0 Å². The number of aryl methyl sites for hydroxylation is 1. The summed E-state index contributed by atoms with van der Waals surface area (Å²) < 4.78 is 28.4. The van der Waals surface area contributed by atoms with E-state index < -0.39 is 34.6 Å². The van der Waals surface area contributed by atoms with Gasteiger partial charge in [0.05, 0.1) is 0 Å². The van der Waals surface area contributed by atoms with Gasteiger partial charge in [-0.05, 0) is 44.1 Å². The molecule has 2 N–H and O–H groups in total. The van der Waals surface area contributed by atoms with Crippen molar-refractivity contribution in [3.8, 4) is 5.75 Å². The zero-order valence-electron chi connectivity index (χ0n) is 20.6. The Labute approximate surface area is 209 Å². The van der Waals surface area contributed by atoms with Gasteiger partial charge < -0.3 is 19.9 Å². The second kappa shape index (κ2) is 11.2. The number of nitrogens with one attached hydrogen (secondary N) is 1. The van der Waals surface area contributed by atoms with Crippen LogP contribution in [0.1, 0.15) is 78.3 Å². The highest BCUT2D eigenvalue weighted by atomic mass is 19.1. The lowest BCUT2D eigenvalue weighted by atomic mass is 9.82. The Kier molecular flexibility index (Phi) is 8.06. The number of aromatic nitrogens is 1. The molecule has 2 atom stereocenters. The van der Waals surface area contributed by atoms with Crippen LogP contribution in [-0.2, 0) is 13.1 Å². The topological polar surface area (TPSA) is 91.6 Å². The average molecular weight is 502 g/mol. The Hall–Kier alpha value is -3.23. The summed E-state index contributed by atoms with van der Waals surface area (Å²) in [5, 5.41) is 13.2. The Morgan fingerprint density at radius 2 is 1.81 bits per heavy atom. The second-order valence-electron chi connectivity index (χ2n) is 9.91. The van der Waals surface area contributed by atoms with Crippen LogP contribution in [-0.4, -0.2) is 39.5 Å². The molecule has 1 saturated heterocycles. The summed E-state index contributed by atoms with van der Waals surface area (Å²) in [5.41, 5.74) is -1.37. The van der Waals surface area contributed by atoms with Gasteiger partial charge in [0.2, 0.25) is 5.43 Å². The van der Waals surface area contributed by atoms with Crippen LogP contribution in [0.25, 0.3) is 0 Å². The first-order chi connectivity index (χ1) is 17.3. The number of nitrogens with zero attached hydrogens (tertiary/aromatic N) is 2. The molecule has 0 spiro atoms. The van der Waals surface area contributed by atoms with Crippen molar-refractivity contribution in [1.82, 2.24) is 14.8 Å². The van der Waals surface area contributed by atoms with Gasteiger partial charge in [-0.25, -0.2) is 8.78 Å². The molecule has 1 aromatic carbocycles. The second-order valence-corrected chi connectivity index (χ2v) is 9.91. The number of fused-ring (bicyclic) bond motifs is 3. The van der Waals surface area contributed by atoms with Gasteiger partial charge in [0, 0.05) is 44.0 Å². The fourth-order valence-corrected chi connectivity index (χ4v) is 5.39. The maximum Gasteiger partial charge on any atom is 0.274 e. The number of carbonyl (C=O) groups is 2. The Bertz CT molecular complexity index is 1200. The zero-order chi connectivity index (χ0) is 25.8. The number of carbonyl (C=O) groups excluding carboxylic acids is 2. The third kappa shape index (κ3) is 5.60. The normalized spacial score (nSPS) is 20.2. The maximum absolute atomic E-state index is 13.9. The Morgan fingerprint density at radius 1 is 1.08 bits per heavy atom. The predicted molar refractivity (Wildman–Crippen MR) is 131 cm³/mol. The van der Waals surface area contributed by atoms with Gasteiger partial charge in [-0.2, -0.15) is 0 Å². The molecule has 2 fully saturated rings. The van der Waals surface area contributed by atoms with E-state index in [0.29, 0.717) is 31.0 Å². The first-order valence-corrected chi connectivity index (χ1v) is 12.8. The highest BCUT2D eigenvalue weighted by Crippen LogP contribution is 2.32. The van der Waals surface area contributed by atoms with Crippen molar-refractivity contribution >= 4 is 11.8 Å². The molecule has 0 radical (unpaired) electrons. The molecule has 2 amide bonds. The predicted octanol–water partition coefficient (Wildman–Crippen LogP) is 4.21. The van der Waals surface area contributed by atoms with Crippen LogP contribution in [0.15, 0.2) is 29.2 Å². The van der Waals surface area contributed by atoms with Crippen molar-refractivity contribution in [3.05, 3.63) is 63.1 Å². The van der Waals surface area contributed by atoms with Crippen LogP contribution in [0, 0.1) is 23.5 Å². The third-order valence-corrected chi connectivity index (χ3v) is 7.53. The van der Waals surface area contributed by atoms with Gasteiger partial charge in [-0.3, -0.25) is 14.4 Å². The molecular weight excluding hydrogens is 468 g/mol. The molecule has 2 unspecified atom stereocenters. The van der Waals surface area contributed by atoms with Gasteiger partial charge in [-0.1, -0.05) is 31.7 Å². The molecule has 9 heteroatoms. The lowest BCUT2D eigenvalue weighted by Gasteiger charge is -2.35. The summed E-state index contributed by atoms with van der Waals surface area (Å²) in [6.07, 6.45) is 9.04. The molecule has 1 aromatic heterocycles. The van der Waals surface area contributed by atoms with E-state index in [2.05, 4.69) is 5.32 Å². The van der Waals surface area contributed by atoms with Crippen molar-refractivity contribution in [1.29, 1.82) is 0 Å². The molecule has 2 bridgehead atoms. The van der Waals surface area contributed by atoms with Gasteiger partial charge in [0.25, 0.3) is 11.8 Å². The van der Waals surface area contributed by atoms with E-state index in [-0.39, 0.29) is 29.9 Å². The van der Waals surface area contributed by atoms with Crippen LogP contribution >= 0.6 is 0 Å². The van der Waals surface area contributed by atoms with Crippen molar-refractivity contribution < 1.29 is 23.5 Å². The Balaban J connectivity index is 1.57. The summed E-state index contributed by atoms with van der Waals surface area (Å²) in [4.78, 5) is 41.0. The highest BCUT2D eigenvalue weighted by Gasteiger charge is 2.31. The molecule has 1 saturated carbocycles. The summed E-state index contributed by atoms with van der Waals surface area (Å²) in [6.45, 7) is 2.90. The molecule has 1 aliphatic carbocycles. The van der Waals surface area contributed by atoms with E-state index in [1.54, 1.807) is 11.8 Å². The molecular formula is C27H33F2N3O4. The third-order valence-electron chi connectivity index (χ3n) is 7.53. The number of hydrogen-bond donors (Lipinski definition) is 2. The summed E-state index contributed by atoms with van der Waals surface area (Å²) in [6, 6.07) is 2.98. The van der Waals surface area contributed by atoms with E-state index >= 15 is 0 Å². The number of aromatic hydroxyl groups is 1. The largest absolute Gasteiger partial charge is 0.503 e. The molecule has 194 valence electrons. The number of likely N-dealkylation sites (tertiary alicyclic amines) is 1. The van der Waals surface area contributed by atoms with Crippen LogP contribution in [0.5, 0.6) is 5.75 Å². The summed E-state index contributed by atoms with van der Waals surface area (Å²) in [5.74, 6) is -2.56. The molecule has 2 heterocycles. The number of rotatable bonds is 5. The van der Waals surface area contributed by atoms with Crippen LogP contribution in [0.2, 0.25) is 0 Å². The molecule has 2 aromatic rings. The molecule has 7 nitrogen and oxygen atoms in total. The van der Waals surface area contributed by atoms with Crippen LogP contribution < -0.4 is 10.7 Å². The van der Waals surface area contributed by atoms with Gasteiger partial charge in [-0.15, -0.1) is 0 Å². The van der Waals surface area contributed by atoms with Crippen LogP contribution in [0.4, 0.5) is 8.78 Å². The number of hydrogen-bond acceptors (Lipinski definition) is 4. The molecule has 4 rings (SSSR count). The minimum atomic E-state index is -0.956. The fourth-order valence-electron chi connectivity index (χ4n) is 5.39. The van der Waals surface area contributed by atoms with E-state index in [1.807, 2.05) is 0 Å². The zero-order valence-corrected chi connectivity index (χ0v) is 20.6. The quantitative estimate of drug-likeness (QED) is 0.642. The number of benzene rings is 1. The molecule has 36 heavy (non-hydrogen) atoms. The smallest absolute Gasteiger partial charge is 0.274 e. The lowest BCUT2D eigenvalue weighted by Crippen LogP contribution is -2.41. The fraction of sp³-hybridized carbons (Fsp3) is 0.519. The standard InChI is InChI=1S/C27H33F2N3O4/c1-2-31-16-21(26(35)30-14-19-9-10-20(28)13-22(19)29)24(33)25(34)23(31)27(36)32-12-11-17-5-3-4-6-18(15-32)8-7-17/h9-10,13,16-18,34H,2-8,11-12,14-15H2,1H3,(H,30,35). The van der Waals surface area contributed by atoms with E-state index in [9.17, 15) is 28.3 Å². The van der Waals surface area contributed by atoms with E-state index in [4.69, 9.17) is 0 Å². The number of pyridine rings is 1. The van der Waals surface area contributed by atoms with Crippen molar-refractivity contribution in [2.45, 2.75) is 65.0 Å². The maximum atomic E-state index is 13.9. The minimum Gasteiger partial charge on any atom is -0.503 e. The number of halogens is 2. The average Bonchev–Trinajstić information content (AvgIpc) is 2.83. The Morgan fingerprint density at radius 3 is 2.53 bits per heavy atom.